The minimum Gasteiger partial charge on any atom is -0.478 e. The number of aryl methyl sites for hydroxylation is 1. The van der Waals surface area contributed by atoms with Gasteiger partial charge in [-0.3, -0.25) is 4.68 Å². The van der Waals surface area contributed by atoms with Gasteiger partial charge in [-0.15, -0.1) is 0 Å². The standard InChI is InChI=1S/C9H14N2O3/c1-6(5-12)3-11-4-8(9(13)14)7(2)10-11/h4,6,12H,3,5H2,1-2H3,(H,13,14). The number of aromatic carboxylic acids is 1. The number of carbonyl (C=O) groups is 1. The van der Waals surface area contributed by atoms with Crippen LogP contribution in [0.3, 0.4) is 0 Å². The number of carboxylic acid groups (broad SMARTS) is 1. The monoisotopic (exact) mass is 198 g/mol. The topological polar surface area (TPSA) is 75.3 Å². The molecule has 0 saturated heterocycles. The lowest BCUT2D eigenvalue weighted by atomic mass is 10.2. The number of carboxylic acids is 1. The lowest BCUT2D eigenvalue weighted by Crippen LogP contribution is -2.11. The highest BCUT2D eigenvalue weighted by atomic mass is 16.4. The maximum Gasteiger partial charge on any atom is 0.339 e. The van der Waals surface area contributed by atoms with Gasteiger partial charge in [0.15, 0.2) is 0 Å². The van der Waals surface area contributed by atoms with Crippen molar-refractivity contribution in [2.24, 2.45) is 5.92 Å². The average Bonchev–Trinajstić information content (AvgIpc) is 2.46. The third-order valence-electron chi connectivity index (χ3n) is 1.99. The molecule has 1 atom stereocenters. The molecule has 0 saturated carbocycles. The number of hydrogen-bond acceptors (Lipinski definition) is 3. The minimum atomic E-state index is -0.967. The molecule has 5 heteroatoms. The Morgan fingerprint density at radius 2 is 2.36 bits per heavy atom. The summed E-state index contributed by atoms with van der Waals surface area (Å²) in [5.74, 6) is -0.888. The van der Waals surface area contributed by atoms with E-state index >= 15 is 0 Å². The molecular weight excluding hydrogens is 184 g/mol. The fraction of sp³-hybridized carbons (Fsp3) is 0.556. The first-order chi connectivity index (χ1) is 6.54. The Morgan fingerprint density at radius 1 is 1.71 bits per heavy atom. The van der Waals surface area contributed by atoms with Crippen molar-refractivity contribution in [3.8, 4) is 0 Å². The first-order valence-electron chi connectivity index (χ1n) is 4.42. The Balaban J connectivity index is 2.81. The Bertz CT molecular complexity index is 333. The van der Waals surface area contributed by atoms with Gasteiger partial charge in [-0.1, -0.05) is 6.92 Å². The minimum absolute atomic E-state index is 0.0707. The van der Waals surface area contributed by atoms with E-state index in [0.29, 0.717) is 12.2 Å². The van der Waals surface area contributed by atoms with Gasteiger partial charge < -0.3 is 10.2 Å². The molecule has 0 bridgehead atoms. The number of aliphatic hydroxyl groups excluding tert-OH is 1. The zero-order chi connectivity index (χ0) is 10.7. The van der Waals surface area contributed by atoms with E-state index in [-0.39, 0.29) is 18.1 Å². The van der Waals surface area contributed by atoms with Crippen molar-refractivity contribution in [3.05, 3.63) is 17.5 Å². The van der Waals surface area contributed by atoms with Crippen molar-refractivity contribution in [2.75, 3.05) is 6.61 Å². The summed E-state index contributed by atoms with van der Waals surface area (Å²) in [7, 11) is 0. The third-order valence-corrected chi connectivity index (χ3v) is 1.99. The van der Waals surface area contributed by atoms with Crippen molar-refractivity contribution < 1.29 is 15.0 Å². The lowest BCUT2D eigenvalue weighted by molar-refractivity contribution is 0.0696. The van der Waals surface area contributed by atoms with Crippen molar-refractivity contribution in [1.29, 1.82) is 0 Å². The molecule has 1 aromatic heterocycles. The second-order valence-corrected chi connectivity index (χ2v) is 3.44. The van der Waals surface area contributed by atoms with E-state index < -0.39 is 5.97 Å². The molecule has 14 heavy (non-hydrogen) atoms. The normalized spacial score (nSPS) is 12.8. The van der Waals surface area contributed by atoms with Crippen molar-refractivity contribution >= 4 is 5.97 Å². The first kappa shape index (κ1) is 10.7. The van der Waals surface area contributed by atoms with Crippen LogP contribution in [0.5, 0.6) is 0 Å². The number of aliphatic hydroxyl groups is 1. The van der Waals surface area contributed by atoms with Crippen LogP contribution in [-0.2, 0) is 6.54 Å². The molecule has 78 valence electrons. The summed E-state index contributed by atoms with van der Waals surface area (Å²) in [6.45, 7) is 4.13. The number of rotatable bonds is 4. The SMILES string of the molecule is Cc1nn(CC(C)CO)cc1C(=O)O. The summed E-state index contributed by atoms with van der Waals surface area (Å²) in [5.41, 5.74) is 0.720. The molecule has 0 amide bonds. The van der Waals surface area contributed by atoms with E-state index in [9.17, 15) is 4.79 Å². The molecule has 0 fully saturated rings. The van der Waals surface area contributed by atoms with Crippen LogP contribution >= 0.6 is 0 Å². The predicted octanol–water partition coefficient (Wildman–Crippen LogP) is 0.518. The quantitative estimate of drug-likeness (QED) is 0.739. The molecule has 0 radical (unpaired) electrons. The number of aromatic nitrogens is 2. The van der Waals surface area contributed by atoms with Crippen LogP contribution in [0, 0.1) is 12.8 Å². The zero-order valence-electron chi connectivity index (χ0n) is 8.27. The maximum absolute atomic E-state index is 10.7. The van der Waals surface area contributed by atoms with E-state index in [1.54, 1.807) is 11.6 Å². The molecule has 0 aliphatic heterocycles. The summed E-state index contributed by atoms with van der Waals surface area (Å²) in [6.07, 6.45) is 1.49. The van der Waals surface area contributed by atoms with Crippen LogP contribution in [0.4, 0.5) is 0 Å². The van der Waals surface area contributed by atoms with Crippen LogP contribution in [0.2, 0.25) is 0 Å². The highest BCUT2D eigenvalue weighted by molar-refractivity contribution is 5.88. The highest BCUT2D eigenvalue weighted by Gasteiger charge is 2.12. The lowest BCUT2D eigenvalue weighted by Gasteiger charge is -2.06. The molecule has 0 spiro atoms. The van der Waals surface area contributed by atoms with Gasteiger partial charge in [0.1, 0.15) is 5.56 Å². The van der Waals surface area contributed by atoms with Gasteiger partial charge in [0.2, 0.25) is 0 Å². The second-order valence-electron chi connectivity index (χ2n) is 3.44. The van der Waals surface area contributed by atoms with Gasteiger partial charge in [-0.2, -0.15) is 5.10 Å². The van der Waals surface area contributed by atoms with E-state index in [4.69, 9.17) is 10.2 Å². The van der Waals surface area contributed by atoms with Crippen LogP contribution in [0.15, 0.2) is 6.20 Å². The number of nitrogens with zero attached hydrogens (tertiary/aromatic N) is 2. The van der Waals surface area contributed by atoms with Crippen LogP contribution in [0.25, 0.3) is 0 Å². The smallest absolute Gasteiger partial charge is 0.339 e. The summed E-state index contributed by atoms with van der Waals surface area (Å²) in [5, 5.41) is 21.6. The molecule has 1 unspecified atom stereocenters. The zero-order valence-corrected chi connectivity index (χ0v) is 8.27. The molecule has 1 aromatic rings. The highest BCUT2D eigenvalue weighted by Crippen LogP contribution is 2.07. The van der Waals surface area contributed by atoms with Gasteiger partial charge in [0.05, 0.1) is 5.69 Å². The summed E-state index contributed by atoms with van der Waals surface area (Å²) in [6, 6.07) is 0. The molecule has 0 aliphatic carbocycles. The van der Waals surface area contributed by atoms with Gasteiger partial charge in [-0.05, 0) is 12.8 Å². The van der Waals surface area contributed by atoms with Gasteiger partial charge in [0, 0.05) is 19.3 Å². The molecule has 5 nitrogen and oxygen atoms in total. The summed E-state index contributed by atoms with van der Waals surface area (Å²) >= 11 is 0. The summed E-state index contributed by atoms with van der Waals surface area (Å²) in [4.78, 5) is 10.7. The molecule has 1 rings (SSSR count). The van der Waals surface area contributed by atoms with E-state index in [1.165, 1.54) is 6.20 Å². The van der Waals surface area contributed by atoms with Crippen molar-refractivity contribution in [1.82, 2.24) is 9.78 Å². The van der Waals surface area contributed by atoms with E-state index in [1.807, 2.05) is 6.92 Å². The third kappa shape index (κ3) is 2.32. The molecule has 0 aromatic carbocycles. The summed E-state index contributed by atoms with van der Waals surface area (Å²) < 4.78 is 1.56. The maximum atomic E-state index is 10.7. The number of hydrogen-bond donors (Lipinski definition) is 2. The second kappa shape index (κ2) is 4.23. The van der Waals surface area contributed by atoms with Crippen LogP contribution in [0.1, 0.15) is 23.0 Å². The Hall–Kier alpha value is -1.36. The Labute approximate surface area is 82.0 Å². The van der Waals surface area contributed by atoms with Gasteiger partial charge in [0.25, 0.3) is 0 Å². The predicted molar refractivity (Wildman–Crippen MR) is 50.2 cm³/mol. The molecule has 2 N–H and O–H groups in total. The molecular formula is C9H14N2O3. The van der Waals surface area contributed by atoms with Crippen LogP contribution in [-0.4, -0.2) is 32.6 Å². The Kier molecular flexibility index (Phi) is 3.24. The largest absolute Gasteiger partial charge is 0.478 e. The fourth-order valence-corrected chi connectivity index (χ4v) is 1.20. The molecule has 0 aliphatic rings. The fourth-order valence-electron chi connectivity index (χ4n) is 1.20. The average molecular weight is 198 g/mol. The van der Waals surface area contributed by atoms with Crippen molar-refractivity contribution in [2.45, 2.75) is 20.4 Å². The Morgan fingerprint density at radius 3 is 2.79 bits per heavy atom. The van der Waals surface area contributed by atoms with Gasteiger partial charge in [-0.25, -0.2) is 4.79 Å². The van der Waals surface area contributed by atoms with E-state index in [0.717, 1.165) is 0 Å². The van der Waals surface area contributed by atoms with Gasteiger partial charge >= 0.3 is 5.97 Å². The van der Waals surface area contributed by atoms with Crippen LogP contribution < -0.4 is 0 Å². The molecule has 1 heterocycles. The van der Waals surface area contributed by atoms with Crippen molar-refractivity contribution in [3.63, 3.8) is 0 Å². The first-order valence-corrected chi connectivity index (χ1v) is 4.42. The van der Waals surface area contributed by atoms with E-state index in [2.05, 4.69) is 5.10 Å².